The molecule has 74 valence electrons. The zero-order valence-corrected chi connectivity index (χ0v) is 8.67. The van der Waals surface area contributed by atoms with Crippen molar-refractivity contribution in [1.82, 2.24) is 4.98 Å². The van der Waals surface area contributed by atoms with E-state index in [1.54, 1.807) is 6.20 Å². The Morgan fingerprint density at radius 3 is 3.07 bits per heavy atom. The third-order valence-electron chi connectivity index (χ3n) is 2.49. The molecule has 0 spiro atoms. The van der Waals surface area contributed by atoms with E-state index in [-0.39, 0.29) is 5.38 Å². The van der Waals surface area contributed by atoms with Crippen LogP contribution in [0.5, 0.6) is 0 Å². The first-order valence-corrected chi connectivity index (χ1v) is 5.26. The number of nitrogens with zero attached hydrogens (tertiary/aromatic N) is 1. The quantitative estimate of drug-likeness (QED) is 0.721. The van der Waals surface area contributed by atoms with Crippen LogP contribution in [0.3, 0.4) is 0 Å². The van der Waals surface area contributed by atoms with Crippen molar-refractivity contribution in [2.75, 3.05) is 5.73 Å². The van der Waals surface area contributed by atoms with Crippen LogP contribution < -0.4 is 5.73 Å². The van der Waals surface area contributed by atoms with Crippen molar-refractivity contribution in [3.05, 3.63) is 30.0 Å². The summed E-state index contributed by atoms with van der Waals surface area (Å²) in [6.45, 7) is 0. The minimum atomic E-state index is 0.151. The lowest BCUT2D eigenvalue weighted by molar-refractivity contribution is 0.747. The topological polar surface area (TPSA) is 38.9 Å². The van der Waals surface area contributed by atoms with Crippen LogP contribution in [0.4, 0.5) is 5.82 Å². The zero-order chi connectivity index (χ0) is 9.97. The fourth-order valence-corrected chi connectivity index (χ4v) is 2.09. The molecule has 0 fully saturated rings. The zero-order valence-electron chi connectivity index (χ0n) is 7.91. The van der Waals surface area contributed by atoms with Crippen molar-refractivity contribution < 1.29 is 0 Å². The summed E-state index contributed by atoms with van der Waals surface area (Å²) in [5, 5.41) is 0.151. The van der Waals surface area contributed by atoms with Crippen LogP contribution in [0.2, 0.25) is 0 Å². The Morgan fingerprint density at radius 1 is 1.50 bits per heavy atom. The second kappa shape index (κ2) is 4.01. The Hall–Kier alpha value is -1.02. The highest BCUT2D eigenvalue weighted by Crippen LogP contribution is 2.30. The molecule has 2 nitrogen and oxygen atoms in total. The Morgan fingerprint density at radius 2 is 2.36 bits per heavy atom. The summed E-state index contributed by atoms with van der Waals surface area (Å²) in [6, 6.07) is 3.91. The SMILES string of the molecule is Nc1ncccc1C1=CC(Cl)CCC1. The van der Waals surface area contributed by atoms with Gasteiger partial charge in [0.25, 0.3) is 0 Å². The van der Waals surface area contributed by atoms with Gasteiger partial charge in [0, 0.05) is 11.8 Å². The van der Waals surface area contributed by atoms with E-state index < -0.39 is 0 Å². The van der Waals surface area contributed by atoms with E-state index in [2.05, 4.69) is 11.1 Å². The second-order valence-electron chi connectivity index (χ2n) is 3.54. The van der Waals surface area contributed by atoms with Gasteiger partial charge in [0.2, 0.25) is 0 Å². The summed E-state index contributed by atoms with van der Waals surface area (Å²) in [6.07, 6.45) is 7.05. The largest absolute Gasteiger partial charge is 0.383 e. The summed E-state index contributed by atoms with van der Waals surface area (Å²) >= 11 is 6.08. The molecule has 1 aromatic rings. The molecule has 2 rings (SSSR count). The normalized spacial score (nSPS) is 21.8. The monoisotopic (exact) mass is 208 g/mol. The summed E-state index contributed by atoms with van der Waals surface area (Å²) in [7, 11) is 0. The standard InChI is InChI=1S/C11H13ClN2/c12-9-4-1-3-8(7-9)10-5-2-6-14-11(10)13/h2,5-7,9H,1,3-4H2,(H2,13,14). The third kappa shape index (κ3) is 1.90. The van der Waals surface area contributed by atoms with Crippen molar-refractivity contribution in [3.63, 3.8) is 0 Å². The highest BCUT2D eigenvalue weighted by atomic mass is 35.5. The Labute approximate surface area is 88.8 Å². The van der Waals surface area contributed by atoms with Crippen molar-refractivity contribution in [2.45, 2.75) is 24.6 Å². The summed E-state index contributed by atoms with van der Waals surface area (Å²) in [4.78, 5) is 4.07. The predicted octanol–water partition coefficient (Wildman–Crippen LogP) is 2.84. The van der Waals surface area contributed by atoms with E-state index in [1.807, 2.05) is 12.1 Å². The number of alkyl halides is 1. The maximum atomic E-state index is 6.08. The van der Waals surface area contributed by atoms with Crippen molar-refractivity contribution in [2.24, 2.45) is 0 Å². The number of hydrogen-bond acceptors (Lipinski definition) is 2. The van der Waals surface area contributed by atoms with Gasteiger partial charge in [0.15, 0.2) is 0 Å². The molecule has 0 aromatic carbocycles. The molecule has 1 aromatic heterocycles. The number of allylic oxidation sites excluding steroid dienone is 2. The van der Waals surface area contributed by atoms with Gasteiger partial charge >= 0.3 is 0 Å². The van der Waals surface area contributed by atoms with Crippen LogP contribution in [-0.4, -0.2) is 10.4 Å². The van der Waals surface area contributed by atoms with Gasteiger partial charge in [-0.05, 0) is 37.0 Å². The van der Waals surface area contributed by atoms with Gasteiger partial charge in [0.05, 0.1) is 5.38 Å². The van der Waals surface area contributed by atoms with Crippen LogP contribution >= 0.6 is 11.6 Å². The molecule has 0 aliphatic heterocycles. The first-order chi connectivity index (χ1) is 6.77. The lowest BCUT2D eigenvalue weighted by atomic mass is 9.94. The van der Waals surface area contributed by atoms with Crippen LogP contribution in [0.15, 0.2) is 24.4 Å². The van der Waals surface area contributed by atoms with E-state index in [4.69, 9.17) is 17.3 Å². The number of pyridine rings is 1. The molecule has 1 aliphatic rings. The maximum Gasteiger partial charge on any atom is 0.130 e. The number of halogens is 1. The van der Waals surface area contributed by atoms with Gasteiger partial charge in [-0.1, -0.05) is 6.08 Å². The van der Waals surface area contributed by atoms with Crippen molar-refractivity contribution in [1.29, 1.82) is 0 Å². The molecule has 0 saturated heterocycles. The first kappa shape index (κ1) is 9.53. The van der Waals surface area contributed by atoms with Gasteiger partial charge in [-0.2, -0.15) is 0 Å². The van der Waals surface area contributed by atoms with Crippen LogP contribution in [0, 0.1) is 0 Å². The smallest absolute Gasteiger partial charge is 0.130 e. The molecule has 0 bridgehead atoms. The molecular formula is C11H13ClN2. The van der Waals surface area contributed by atoms with Gasteiger partial charge in [0.1, 0.15) is 5.82 Å². The molecule has 14 heavy (non-hydrogen) atoms. The average molecular weight is 209 g/mol. The van der Waals surface area contributed by atoms with E-state index in [1.165, 1.54) is 5.57 Å². The van der Waals surface area contributed by atoms with Gasteiger partial charge in [-0.3, -0.25) is 0 Å². The van der Waals surface area contributed by atoms with Crippen LogP contribution in [0.25, 0.3) is 5.57 Å². The molecule has 0 saturated carbocycles. The molecule has 1 heterocycles. The number of aromatic nitrogens is 1. The van der Waals surface area contributed by atoms with Gasteiger partial charge < -0.3 is 5.73 Å². The number of nitrogen functional groups attached to an aromatic ring is 1. The molecule has 3 heteroatoms. The van der Waals surface area contributed by atoms with Crippen molar-refractivity contribution >= 4 is 23.0 Å². The Bertz CT molecular complexity index is 360. The fraction of sp³-hybridized carbons (Fsp3) is 0.364. The van der Waals surface area contributed by atoms with Gasteiger partial charge in [-0.15, -0.1) is 11.6 Å². The lowest BCUT2D eigenvalue weighted by Crippen LogP contribution is -2.05. The van der Waals surface area contributed by atoms with Crippen LogP contribution in [0.1, 0.15) is 24.8 Å². The van der Waals surface area contributed by atoms with E-state index >= 15 is 0 Å². The number of rotatable bonds is 1. The molecule has 1 aliphatic carbocycles. The number of hydrogen-bond donors (Lipinski definition) is 1. The Kier molecular flexibility index (Phi) is 2.73. The molecular weight excluding hydrogens is 196 g/mol. The van der Waals surface area contributed by atoms with E-state index in [9.17, 15) is 0 Å². The minimum Gasteiger partial charge on any atom is -0.383 e. The van der Waals surface area contributed by atoms with Crippen LogP contribution in [-0.2, 0) is 0 Å². The summed E-state index contributed by atoms with van der Waals surface area (Å²) < 4.78 is 0. The van der Waals surface area contributed by atoms with Crippen molar-refractivity contribution in [3.8, 4) is 0 Å². The summed E-state index contributed by atoms with van der Waals surface area (Å²) in [5.41, 5.74) is 8.08. The Balaban J connectivity index is 2.35. The molecule has 1 atom stereocenters. The molecule has 1 unspecified atom stereocenters. The van der Waals surface area contributed by atoms with E-state index in [0.717, 1.165) is 24.8 Å². The molecule has 2 N–H and O–H groups in total. The maximum absolute atomic E-state index is 6.08. The average Bonchev–Trinajstić information content (AvgIpc) is 2.18. The predicted molar refractivity (Wildman–Crippen MR) is 60.1 cm³/mol. The third-order valence-corrected chi connectivity index (χ3v) is 2.84. The lowest BCUT2D eigenvalue weighted by Gasteiger charge is -2.17. The highest BCUT2D eigenvalue weighted by Gasteiger charge is 2.14. The summed E-state index contributed by atoms with van der Waals surface area (Å²) in [5.74, 6) is 0.601. The first-order valence-electron chi connectivity index (χ1n) is 4.83. The minimum absolute atomic E-state index is 0.151. The molecule has 0 amide bonds. The van der Waals surface area contributed by atoms with E-state index in [0.29, 0.717) is 5.82 Å². The second-order valence-corrected chi connectivity index (χ2v) is 4.10. The van der Waals surface area contributed by atoms with Gasteiger partial charge in [-0.25, -0.2) is 4.98 Å². The fourth-order valence-electron chi connectivity index (χ4n) is 1.79. The number of anilines is 1. The number of nitrogens with two attached hydrogens (primary N) is 1. The highest BCUT2D eigenvalue weighted by molar-refractivity contribution is 6.22. The molecule has 0 radical (unpaired) electrons.